The van der Waals surface area contributed by atoms with Gasteiger partial charge in [-0.25, -0.2) is 27.5 Å². The molecule has 0 saturated heterocycles. The zero-order chi connectivity index (χ0) is 98.3. The van der Waals surface area contributed by atoms with Crippen molar-refractivity contribution in [2.45, 2.75) is 130 Å². The molecule has 16 aromatic rings. The number of rotatable bonds is 36. The van der Waals surface area contributed by atoms with E-state index in [1.165, 1.54) is 31.2 Å². The quantitative estimate of drug-likeness (QED) is 0.0176. The second-order valence-electron chi connectivity index (χ2n) is 35.9. The number of aromatic nitrogens is 8. The predicted octanol–water partition coefficient (Wildman–Crippen LogP) is 21.9. The van der Waals surface area contributed by atoms with Crippen molar-refractivity contribution in [1.29, 1.82) is 0 Å². The number of carbonyl (C=O) groups excluding carboxylic acids is 4. The molecule has 19 rings (SSSR count). The number of nitrogens with zero attached hydrogens (tertiary/aromatic N) is 9. The molecular formula is C115H120F2N18O6. The minimum absolute atomic E-state index is 0.0698. The van der Waals surface area contributed by atoms with Gasteiger partial charge in [0.05, 0.1) is 75.2 Å². The molecule has 24 nitrogen and oxygen atoms in total. The third kappa shape index (κ3) is 26.0. The van der Waals surface area contributed by atoms with Gasteiger partial charge in [-0.15, -0.1) is 0 Å². The molecule has 12 aromatic carbocycles. The normalized spacial score (nSPS) is 13.2. The average molecular weight is 1890 g/mol. The number of nitrogens with one attached hydrogen (secondary N) is 5. The van der Waals surface area contributed by atoms with E-state index in [1.54, 1.807) is 79.4 Å². The zero-order valence-electron chi connectivity index (χ0n) is 80.0. The van der Waals surface area contributed by atoms with E-state index in [4.69, 9.17) is 32.4 Å². The number of anilines is 6. The summed E-state index contributed by atoms with van der Waals surface area (Å²) in [6, 6.07) is 104. The van der Waals surface area contributed by atoms with Crippen LogP contribution in [-0.4, -0.2) is 89.1 Å². The minimum Gasteiger partial charge on any atom is -0.369 e. The first kappa shape index (κ1) is 98.8. The summed E-state index contributed by atoms with van der Waals surface area (Å²) in [5, 5.41) is 33.4. The first-order valence-electron chi connectivity index (χ1n) is 48.2. The van der Waals surface area contributed by atoms with E-state index in [0.29, 0.717) is 108 Å². The number of ether oxygens (including phenoxy) is 2. The molecule has 720 valence electrons. The number of nitrogens with two attached hydrogens (primary N) is 4. The summed E-state index contributed by atoms with van der Waals surface area (Å²) < 4.78 is 50.5. The van der Waals surface area contributed by atoms with Crippen LogP contribution in [0.15, 0.2) is 328 Å². The SMILES string of the molecule is CCCN(c1ccccc1)c1cccc(NC(=O)c2cc(C)nn2-c2cccc(CN)c2)c1F.Cc1cc(C(=O)Nc2cccc(C(NCC3CC3)c3ccccc3)c2)n(-c2cccc(CN)c2)n1.Cc1cc(C(=O)Nc2cccc(C(OCC3CC3)c3ccccc3)c2F)n(-c2cccc(CN)c2)n1.Cc1cc(C(=O)Nc2cccc(C(OCCC3CC3)c3ccccc3)c2)n(-c2cccc(CN)c2)n1. The standard InChI is InChI=1S/C30H32N4O2.C29H29FN4O2.C29H31N5O.C27H28FN5O/c1-21-17-28(34(33-21)27-12-5-7-23(18-27)20-31)30(35)32-26-11-6-10-25(19-26)29(24-8-3-2-4-9-24)36-16-15-22-13-14-22;1-19-15-26(34(33-19)23-10-5-7-21(16-23)17-31)29(35)32-25-12-6-11-24(27(25)30)28(36-18-20-13-14-20)22-8-3-2-4-9-22;1-20-15-27(34(33-20)26-12-5-7-22(16-26)18-30)29(35)32-25-11-6-10-24(17-25)28(31-19-21-13-14-21)23-8-3-2-4-9-23;1-3-15-32(21-10-5-4-6-11-21)24-14-8-13-23(26(24)28)30-27(34)25-16-19(2)31-33(25)22-12-7-9-20(17-22)18-29/h2-12,17-19,22,29H,13-16,20,31H2,1H3,(H,32,35);2-12,15-16,20,28H,13-14,17-18,31H2,1H3,(H,32,35);2-12,15-17,21,28,31H,13-14,18-19,30H2,1H3,(H,32,35);4-14,16-17H,3,15,18,29H2,1-2H3,(H,30,34). The molecule has 26 heteroatoms. The summed E-state index contributed by atoms with van der Waals surface area (Å²) in [4.78, 5) is 55.1. The van der Waals surface area contributed by atoms with Crippen LogP contribution in [0.1, 0.15) is 197 Å². The van der Waals surface area contributed by atoms with Crippen LogP contribution in [0, 0.1) is 57.1 Å². The van der Waals surface area contributed by atoms with E-state index in [1.807, 2.05) is 252 Å². The second-order valence-corrected chi connectivity index (χ2v) is 35.9. The Kier molecular flexibility index (Phi) is 33.2. The highest BCUT2D eigenvalue weighted by atomic mass is 19.1. The fourth-order valence-electron chi connectivity index (χ4n) is 16.9. The number of hydrogen-bond acceptors (Lipinski definition) is 16. The van der Waals surface area contributed by atoms with E-state index < -0.39 is 29.6 Å². The van der Waals surface area contributed by atoms with Gasteiger partial charge in [0.25, 0.3) is 23.6 Å². The molecule has 141 heavy (non-hydrogen) atoms. The van der Waals surface area contributed by atoms with Crippen LogP contribution in [0.4, 0.5) is 42.9 Å². The van der Waals surface area contributed by atoms with Crippen molar-refractivity contribution in [3.8, 4) is 22.7 Å². The molecule has 4 amide bonds. The predicted molar refractivity (Wildman–Crippen MR) is 554 cm³/mol. The Morgan fingerprint density at radius 2 is 0.745 bits per heavy atom. The summed E-state index contributed by atoms with van der Waals surface area (Å²) >= 11 is 0. The average Bonchev–Trinajstić information content (AvgIpc) is 1.60. The Morgan fingerprint density at radius 3 is 1.17 bits per heavy atom. The van der Waals surface area contributed by atoms with Crippen LogP contribution in [0.25, 0.3) is 22.7 Å². The number of amides is 4. The van der Waals surface area contributed by atoms with Gasteiger partial charge in [-0.3, -0.25) is 19.2 Å². The van der Waals surface area contributed by atoms with Crippen LogP contribution in [0.2, 0.25) is 0 Å². The number of hydrogen-bond donors (Lipinski definition) is 9. The van der Waals surface area contributed by atoms with Gasteiger partial charge in [0.15, 0.2) is 11.6 Å². The Balaban J connectivity index is 0.000000135. The summed E-state index contributed by atoms with van der Waals surface area (Å²) in [6.45, 7) is 14.0. The molecule has 3 atom stereocenters. The Bertz CT molecular complexity index is 6940. The number of benzene rings is 12. The first-order chi connectivity index (χ1) is 68.7. The maximum atomic E-state index is 15.8. The van der Waals surface area contributed by atoms with Gasteiger partial charge >= 0.3 is 0 Å². The highest BCUT2D eigenvalue weighted by molar-refractivity contribution is 6.06. The Hall–Kier alpha value is -15.3. The maximum Gasteiger partial charge on any atom is 0.274 e. The molecule has 3 aliphatic rings. The zero-order valence-corrected chi connectivity index (χ0v) is 80.0. The van der Waals surface area contributed by atoms with Crippen molar-refractivity contribution >= 4 is 57.8 Å². The third-order valence-corrected chi connectivity index (χ3v) is 24.7. The van der Waals surface area contributed by atoms with Crippen LogP contribution in [0.3, 0.4) is 0 Å². The van der Waals surface area contributed by atoms with Gasteiger partial charge in [-0.05, 0) is 268 Å². The monoisotopic (exact) mass is 1890 g/mol. The van der Waals surface area contributed by atoms with Gasteiger partial charge < -0.3 is 63.9 Å². The lowest BCUT2D eigenvalue weighted by Crippen LogP contribution is -2.25. The number of carbonyl (C=O) groups is 4. The van der Waals surface area contributed by atoms with Gasteiger partial charge in [0.1, 0.15) is 35.0 Å². The molecule has 0 spiro atoms. The van der Waals surface area contributed by atoms with Crippen molar-refractivity contribution in [2.75, 3.05) is 52.5 Å². The number of aryl methyl sites for hydroxylation is 4. The molecule has 0 radical (unpaired) electrons. The highest BCUT2D eigenvalue weighted by Gasteiger charge is 2.31. The fraction of sp³-hybridized carbons (Fsp3) is 0.235. The summed E-state index contributed by atoms with van der Waals surface area (Å²) in [5.74, 6) is -0.222. The van der Waals surface area contributed by atoms with E-state index in [9.17, 15) is 19.2 Å². The second kappa shape index (κ2) is 47.4. The van der Waals surface area contributed by atoms with Crippen molar-refractivity contribution < 1.29 is 37.4 Å². The third-order valence-electron chi connectivity index (χ3n) is 24.7. The van der Waals surface area contributed by atoms with E-state index in [2.05, 4.69) is 102 Å². The van der Waals surface area contributed by atoms with Crippen molar-refractivity contribution in [1.82, 2.24) is 44.4 Å². The van der Waals surface area contributed by atoms with E-state index >= 15 is 8.78 Å². The molecular weight excluding hydrogens is 1770 g/mol. The van der Waals surface area contributed by atoms with Crippen molar-refractivity contribution in [3.63, 3.8) is 0 Å². The molecule has 3 fully saturated rings. The smallest absolute Gasteiger partial charge is 0.274 e. The summed E-state index contributed by atoms with van der Waals surface area (Å²) in [7, 11) is 0. The Labute approximate surface area is 821 Å². The fourth-order valence-corrected chi connectivity index (χ4v) is 16.9. The van der Waals surface area contributed by atoms with Crippen LogP contribution in [-0.2, 0) is 35.7 Å². The lowest BCUT2D eigenvalue weighted by Gasteiger charge is -2.25. The molecule has 13 N–H and O–H groups in total. The minimum atomic E-state index is -0.560. The van der Waals surface area contributed by atoms with E-state index in [0.717, 1.165) is 129 Å². The van der Waals surface area contributed by atoms with Gasteiger partial charge in [0.2, 0.25) is 0 Å². The molecule has 3 aliphatic carbocycles. The summed E-state index contributed by atoms with van der Waals surface area (Å²) in [5.41, 5.74) is 43.1. The summed E-state index contributed by atoms with van der Waals surface area (Å²) in [6.07, 6.45) is 8.69. The topological polar surface area (TPSA) is 325 Å². The lowest BCUT2D eigenvalue weighted by molar-refractivity contribution is 0.0695. The van der Waals surface area contributed by atoms with Gasteiger partial charge in [0, 0.05) is 62.0 Å². The first-order valence-corrected chi connectivity index (χ1v) is 48.2. The molecule has 0 bridgehead atoms. The molecule has 4 aromatic heterocycles. The largest absolute Gasteiger partial charge is 0.369 e. The molecule has 4 heterocycles. The Morgan fingerprint density at radius 1 is 0.376 bits per heavy atom. The maximum absolute atomic E-state index is 15.8. The van der Waals surface area contributed by atoms with Crippen LogP contribution in [0.5, 0.6) is 0 Å². The van der Waals surface area contributed by atoms with E-state index in [-0.39, 0.29) is 35.3 Å². The molecule has 3 unspecified atom stereocenters. The number of halogens is 2. The lowest BCUT2D eigenvalue weighted by atomic mass is 9.98. The van der Waals surface area contributed by atoms with Crippen molar-refractivity contribution in [3.05, 3.63) is 440 Å². The van der Waals surface area contributed by atoms with Crippen LogP contribution >= 0.6 is 0 Å². The van der Waals surface area contributed by atoms with Crippen molar-refractivity contribution in [2.24, 2.45) is 40.7 Å². The van der Waals surface area contributed by atoms with Gasteiger partial charge in [-0.2, -0.15) is 20.4 Å². The highest BCUT2D eigenvalue weighted by Crippen LogP contribution is 2.40. The number of para-hydroxylation sites is 1. The van der Waals surface area contributed by atoms with Gasteiger partial charge in [-0.1, -0.05) is 220 Å². The molecule has 0 aliphatic heterocycles. The van der Waals surface area contributed by atoms with Crippen LogP contribution < -0.4 is 54.4 Å². The molecule has 3 saturated carbocycles.